The Morgan fingerprint density at radius 1 is 1.21 bits per heavy atom. The molecule has 1 aliphatic heterocycles. The molecule has 0 aromatic heterocycles. The van der Waals surface area contributed by atoms with Gasteiger partial charge in [0, 0.05) is 46.5 Å². The third-order valence-electron chi connectivity index (χ3n) is 6.10. The van der Waals surface area contributed by atoms with Gasteiger partial charge in [0.05, 0.1) is 6.54 Å². The van der Waals surface area contributed by atoms with Crippen molar-refractivity contribution in [1.29, 1.82) is 0 Å². The van der Waals surface area contributed by atoms with Crippen molar-refractivity contribution in [2.45, 2.75) is 90.0 Å². The molecule has 28 heavy (non-hydrogen) atoms. The van der Waals surface area contributed by atoms with Gasteiger partial charge in [0.1, 0.15) is 0 Å². The van der Waals surface area contributed by atoms with E-state index < -0.39 is 10.8 Å². The highest BCUT2D eigenvalue weighted by molar-refractivity contribution is 14.0. The monoisotopic (exact) mass is 526 g/mol. The smallest absolute Gasteiger partial charge is 0.191 e. The number of rotatable bonds is 7. The van der Waals surface area contributed by atoms with Crippen LogP contribution in [0.1, 0.15) is 73.1 Å². The lowest BCUT2D eigenvalue weighted by molar-refractivity contribution is 0.0774. The predicted octanol–water partition coefficient (Wildman–Crippen LogP) is 3.75. The summed E-state index contributed by atoms with van der Waals surface area (Å²) in [5.74, 6) is 2.48. The Kier molecular flexibility index (Phi) is 11.9. The number of nitrogens with zero attached hydrogens (tertiary/aromatic N) is 2. The van der Waals surface area contributed by atoms with Crippen molar-refractivity contribution in [3.05, 3.63) is 0 Å². The van der Waals surface area contributed by atoms with Crippen LogP contribution in [-0.4, -0.2) is 63.8 Å². The first-order valence-electron chi connectivity index (χ1n) is 11.0. The number of hydrogen-bond donors (Lipinski definition) is 2. The van der Waals surface area contributed by atoms with Gasteiger partial charge in [0.15, 0.2) is 5.96 Å². The first-order valence-corrected chi connectivity index (χ1v) is 12.4. The van der Waals surface area contributed by atoms with Crippen LogP contribution in [0.25, 0.3) is 0 Å². The Hall–Kier alpha value is 0.110. The van der Waals surface area contributed by atoms with Crippen LogP contribution in [0, 0.1) is 5.92 Å². The fourth-order valence-corrected chi connectivity index (χ4v) is 5.72. The molecule has 2 N–H and O–H groups in total. The zero-order valence-electron chi connectivity index (χ0n) is 18.6. The molecule has 4 unspecified atom stereocenters. The van der Waals surface area contributed by atoms with E-state index in [-0.39, 0.29) is 29.5 Å². The molecule has 0 bridgehead atoms. The van der Waals surface area contributed by atoms with Crippen LogP contribution >= 0.6 is 24.0 Å². The molecule has 7 heteroatoms. The fraction of sp³-hybridized carbons (Fsp3) is 0.952. The number of aliphatic imine (C=N–C) groups is 1. The zero-order valence-corrected chi connectivity index (χ0v) is 21.8. The first kappa shape index (κ1) is 26.1. The molecule has 2 fully saturated rings. The minimum atomic E-state index is -0.684. The lowest BCUT2D eigenvalue weighted by Gasteiger charge is -2.42. The van der Waals surface area contributed by atoms with Crippen LogP contribution < -0.4 is 10.6 Å². The molecule has 1 saturated carbocycles. The third-order valence-corrected chi connectivity index (χ3v) is 7.85. The molecule has 0 aromatic carbocycles. The molecule has 0 spiro atoms. The van der Waals surface area contributed by atoms with Gasteiger partial charge >= 0.3 is 0 Å². The zero-order chi connectivity index (χ0) is 19.9. The number of guanidine groups is 1. The average Bonchev–Trinajstić information content (AvgIpc) is 2.66. The predicted molar refractivity (Wildman–Crippen MR) is 133 cm³/mol. The van der Waals surface area contributed by atoms with Crippen LogP contribution in [0.3, 0.4) is 0 Å². The minimum Gasteiger partial charge on any atom is -0.357 e. The average molecular weight is 527 g/mol. The topological polar surface area (TPSA) is 56.7 Å². The van der Waals surface area contributed by atoms with Crippen molar-refractivity contribution in [3.8, 4) is 0 Å². The summed E-state index contributed by atoms with van der Waals surface area (Å²) in [5.41, 5.74) is 0.0792. The summed E-state index contributed by atoms with van der Waals surface area (Å²) in [6.45, 7) is 15.2. The number of piperidine rings is 1. The molecule has 0 amide bonds. The van der Waals surface area contributed by atoms with E-state index in [0.29, 0.717) is 11.3 Å². The number of likely N-dealkylation sites (tertiary alicyclic amines) is 1. The minimum absolute atomic E-state index is 0. The van der Waals surface area contributed by atoms with Crippen molar-refractivity contribution in [2.24, 2.45) is 10.9 Å². The van der Waals surface area contributed by atoms with Gasteiger partial charge in [0.2, 0.25) is 0 Å². The maximum atomic E-state index is 12.2. The highest BCUT2D eigenvalue weighted by atomic mass is 127. The van der Waals surface area contributed by atoms with Gasteiger partial charge in [-0.05, 0) is 65.3 Å². The lowest BCUT2D eigenvalue weighted by atomic mass is 9.93. The van der Waals surface area contributed by atoms with Crippen LogP contribution in [0.4, 0.5) is 0 Å². The Balaban J connectivity index is 0.00000392. The molecule has 2 aliphatic rings. The van der Waals surface area contributed by atoms with E-state index in [2.05, 4.69) is 43.2 Å². The largest absolute Gasteiger partial charge is 0.357 e. The molecule has 1 aliphatic carbocycles. The van der Waals surface area contributed by atoms with Gasteiger partial charge in [0.25, 0.3) is 0 Å². The highest BCUT2D eigenvalue weighted by Crippen LogP contribution is 2.25. The highest BCUT2D eigenvalue weighted by Gasteiger charge is 2.30. The van der Waals surface area contributed by atoms with E-state index in [0.717, 1.165) is 56.4 Å². The third kappa shape index (κ3) is 8.09. The second-order valence-electron chi connectivity index (χ2n) is 9.00. The fourth-order valence-electron chi connectivity index (χ4n) is 4.38. The first-order chi connectivity index (χ1) is 12.9. The van der Waals surface area contributed by atoms with Gasteiger partial charge < -0.3 is 10.6 Å². The summed E-state index contributed by atoms with van der Waals surface area (Å²) in [6, 6.07) is 0.384. The quantitative estimate of drug-likeness (QED) is 0.302. The van der Waals surface area contributed by atoms with Crippen molar-refractivity contribution < 1.29 is 4.21 Å². The molecule has 0 aromatic rings. The summed E-state index contributed by atoms with van der Waals surface area (Å²) >= 11 is 0. The normalized spacial score (nSPS) is 28.3. The van der Waals surface area contributed by atoms with Gasteiger partial charge in [-0.2, -0.15) is 0 Å². The molecule has 0 radical (unpaired) electrons. The molecular weight excluding hydrogens is 483 g/mol. The van der Waals surface area contributed by atoms with E-state index in [1.165, 1.54) is 25.9 Å². The van der Waals surface area contributed by atoms with E-state index >= 15 is 0 Å². The lowest BCUT2D eigenvalue weighted by Crippen LogP contribution is -2.52. The van der Waals surface area contributed by atoms with Crippen LogP contribution in [0.2, 0.25) is 0 Å². The number of hydrogen-bond acceptors (Lipinski definition) is 3. The SMILES string of the molecule is CCNC(=NCC(C)(C)N1CCCC(C)C1)NC1CCCC(S(=O)CC)C1.I. The van der Waals surface area contributed by atoms with Crippen molar-refractivity contribution in [3.63, 3.8) is 0 Å². The molecule has 4 atom stereocenters. The second kappa shape index (κ2) is 12.7. The standard InChI is InChI=1S/C21H42N4OS.HI/c1-6-22-20(24-18-11-8-12-19(14-18)27(26)7-2)23-16-21(4,5)25-13-9-10-17(3)15-25;/h17-19H,6-16H2,1-5H3,(H2,22,23,24);1H. The number of nitrogens with one attached hydrogen (secondary N) is 2. The Labute approximate surface area is 192 Å². The van der Waals surface area contributed by atoms with Crippen LogP contribution in [0.15, 0.2) is 4.99 Å². The van der Waals surface area contributed by atoms with Gasteiger partial charge in [-0.15, -0.1) is 24.0 Å². The summed E-state index contributed by atoms with van der Waals surface area (Å²) in [7, 11) is -0.684. The van der Waals surface area contributed by atoms with Crippen LogP contribution in [-0.2, 0) is 10.8 Å². The van der Waals surface area contributed by atoms with E-state index in [1.807, 2.05) is 6.92 Å². The Morgan fingerprint density at radius 3 is 2.61 bits per heavy atom. The van der Waals surface area contributed by atoms with Gasteiger partial charge in [-0.25, -0.2) is 0 Å². The second-order valence-corrected chi connectivity index (χ2v) is 11.0. The van der Waals surface area contributed by atoms with Crippen molar-refractivity contribution in [1.82, 2.24) is 15.5 Å². The summed E-state index contributed by atoms with van der Waals surface area (Å²) in [6.07, 6.45) is 7.05. The number of halogens is 1. The summed E-state index contributed by atoms with van der Waals surface area (Å²) in [4.78, 5) is 7.55. The molecule has 1 heterocycles. The van der Waals surface area contributed by atoms with E-state index in [9.17, 15) is 4.21 Å². The van der Waals surface area contributed by atoms with Crippen LogP contribution in [0.5, 0.6) is 0 Å². The molecule has 2 rings (SSSR count). The van der Waals surface area contributed by atoms with Crippen molar-refractivity contribution >= 4 is 40.7 Å². The Bertz CT molecular complexity index is 515. The summed E-state index contributed by atoms with van der Waals surface area (Å²) < 4.78 is 12.2. The van der Waals surface area contributed by atoms with Gasteiger partial charge in [-0.1, -0.05) is 20.3 Å². The van der Waals surface area contributed by atoms with E-state index in [4.69, 9.17) is 4.99 Å². The maximum absolute atomic E-state index is 12.2. The molecule has 166 valence electrons. The molecular formula is C21H43IN4OS. The summed E-state index contributed by atoms with van der Waals surface area (Å²) in [5, 5.41) is 7.40. The Morgan fingerprint density at radius 2 is 1.96 bits per heavy atom. The maximum Gasteiger partial charge on any atom is 0.191 e. The molecule has 5 nitrogen and oxygen atoms in total. The molecule has 1 saturated heterocycles. The van der Waals surface area contributed by atoms with E-state index in [1.54, 1.807) is 0 Å². The van der Waals surface area contributed by atoms with Gasteiger partial charge in [-0.3, -0.25) is 14.1 Å². The van der Waals surface area contributed by atoms with Crippen molar-refractivity contribution in [2.75, 3.05) is 31.9 Å².